The number of ether oxygens (including phenoxy) is 2. The fourth-order valence-electron chi connectivity index (χ4n) is 2.43. The number of hydrogen-bond acceptors (Lipinski definition) is 4. The van der Waals surface area contributed by atoms with Gasteiger partial charge in [0.1, 0.15) is 0 Å². The molecule has 0 saturated carbocycles. The maximum Gasteiger partial charge on any atom is 0.251 e. The predicted octanol–water partition coefficient (Wildman–Crippen LogP) is 4.11. The quantitative estimate of drug-likeness (QED) is 0.595. The molecule has 0 aliphatic carbocycles. The Morgan fingerprint density at radius 1 is 0.962 bits per heavy atom. The number of nitrogens with one attached hydrogen (secondary N) is 2. The van der Waals surface area contributed by atoms with E-state index in [0.29, 0.717) is 36.8 Å². The molecule has 0 spiro atoms. The van der Waals surface area contributed by atoms with Gasteiger partial charge >= 0.3 is 0 Å². The molecule has 0 aromatic heterocycles. The zero-order chi connectivity index (χ0) is 18.6. The van der Waals surface area contributed by atoms with Crippen LogP contribution in [0.5, 0.6) is 11.5 Å². The minimum atomic E-state index is -0.104. The largest absolute Gasteiger partial charge is 0.490 e. The maximum absolute atomic E-state index is 12.3. The molecule has 0 heterocycles. The average Bonchev–Trinajstić information content (AvgIpc) is 2.67. The maximum atomic E-state index is 12.3. The summed E-state index contributed by atoms with van der Waals surface area (Å²) in [6.07, 6.45) is 1.77. The molecule has 140 valence electrons. The van der Waals surface area contributed by atoms with Crippen molar-refractivity contribution >= 4 is 11.6 Å². The molecule has 2 N–H and O–H groups in total. The van der Waals surface area contributed by atoms with Gasteiger partial charge in [0.2, 0.25) is 0 Å². The van der Waals surface area contributed by atoms with Gasteiger partial charge in [-0.1, -0.05) is 25.1 Å². The lowest BCUT2D eigenvalue weighted by atomic mass is 10.2. The van der Waals surface area contributed by atoms with Crippen LogP contribution in [0.4, 0.5) is 5.69 Å². The van der Waals surface area contributed by atoms with Gasteiger partial charge in [-0.05, 0) is 50.1 Å². The van der Waals surface area contributed by atoms with Crippen molar-refractivity contribution in [3.8, 4) is 11.5 Å². The van der Waals surface area contributed by atoms with E-state index in [2.05, 4.69) is 17.6 Å². The van der Waals surface area contributed by atoms with Crippen LogP contribution in [0.15, 0.2) is 48.5 Å². The first-order valence-electron chi connectivity index (χ1n) is 9.21. The molecule has 0 fully saturated rings. The lowest BCUT2D eigenvalue weighted by Gasteiger charge is -2.13. The number of rotatable bonds is 11. The van der Waals surface area contributed by atoms with Gasteiger partial charge in [-0.25, -0.2) is 0 Å². The Hall–Kier alpha value is -2.69. The molecule has 0 aliphatic heterocycles. The molecule has 0 aliphatic rings. The van der Waals surface area contributed by atoms with Crippen LogP contribution >= 0.6 is 0 Å². The molecule has 2 aromatic carbocycles. The third kappa shape index (κ3) is 6.31. The molecule has 0 bridgehead atoms. The van der Waals surface area contributed by atoms with Gasteiger partial charge in [0, 0.05) is 24.3 Å². The molecule has 0 radical (unpaired) electrons. The topological polar surface area (TPSA) is 59.6 Å². The molecular formula is C21H28N2O3. The van der Waals surface area contributed by atoms with Crippen molar-refractivity contribution in [3.05, 3.63) is 54.1 Å². The Kier molecular flexibility index (Phi) is 8.33. The van der Waals surface area contributed by atoms with Gasteiger partial charge in [0.05, 0.1) is 13.2 Å². The van der Waals surface area contributed by atoms with Crippen molar-refractivity contribution in [1.29, 1.82) is 0 Å². The molecular weight excluding hydrogens is 328 g/mol. The first-order valence-corrected chi connectivity index (χ1v) is 9.21. The van der Waals surface area contributed by atoms with E-state index in [9.17, 15) is 4.79 Å². The third-order valence-corrected chi connectivity index (χ3v) is 3.71. The number of carbonyl (C=O) groups is 1. The van der Waals surface area contributed by atoms with Gasteiger partial charge in [-0.3, -0.25) is 4.79 Å². The minimum Gasteiger partial charge on any atom is -0.490 e. The van der Waals surface area contributed by atoms with E-state index in [4.69, 9.17) is 9.47 Å². The lowest BCUT2D eigenvalue weighted by Crippen LogP contribution is -2.25. The fraction of sp³-hybridized carbons (Fsp3) is 0.381. The smallest absolute Gasteiger partial charge is 0.251 e. The Morgan fingerprint density at radius 3 is 2.50 bits per heavy atom. The van der Waals surface area contributed by atoms with E-state index >= 15 is 0 Å². The van der Waals surface area contributed by atoms with Crippen LogP contribution in [0.2, 0.25) is 0 Å². The van der Waals surface area contributed by atoms with Crippen molar-refractivity contribution in [2.24, 2.45) is 0 Å². The summed E-state index contributed by atoms with van der Waals surface area (Å²) in [4.78, 5) is 12.3. The van der Waals surface area contributed by atoms with Crippen LogP contribution in [-0.2, 0) is 0 Å². The van der Waals surface area contributed by atoms with Crippen LogP contribution in [-0.4, -0.2) is 32.2 Å². The standard InChI is InChI=1S/C21H28N2O3/c1-3-15-26-19-12-11-17(16-20(19)25-4-2)21(24)23-14-8-13-22-18-9-6-5-7-10-18/h5-7,9-12,16,22H,3-4,8,13-15H2,1-2H3,(H,23,24). The van der Waals surface area contributed by atoms with E-state index < -0.39 is 0 Å². The molecule has 2 rings (SSSR count). The third-order valence-electron chi connectivity index (χ3n) is 3.71. The van der Waals surface area contributed by atoms with Gasteiger partial charge in [-0.15, -0.1) is 0 Å². The summed E-state index contributed by atoms with van der Waals surface area (Å²) in [5.41, 5.74) is 1.66. The zero-order valence-corrected chi connectivity index (χ0v) is 15.6. The number of amides is 1. The van der Waals surface area contributed by atoms with Gasteiger partial charge in [-0.2, -0.15) is 0 Å². The number of para-hydroxylation sites is 1. The highest BCUT2D eigenvalue weighted by atomic mass is 16.5. The summed E-state index contributed by atoms with van der Waals surface area (Å²) in [5.74, 6) is 1.18. The van der Waals surface area contributed by atoms with E-state index in [-0.39, 0.29) is 5.91 Å². The molecule has 2 aromatic rings. The van der Waals surface area contributed by atoms with E-state index in [1.54, 1.807) is 18.2 Å². The summed E-state index contributed by atoms with van der Waals surface area (Å²) < 4.78 is 11.3. The van der Waals surface area contributed by atoms with Crippen molar-refractivity contribution in [2.45, 2.75) is 26.7 Å². The molecule has 5 heteroatoms. The SMILES string of the molecule is CCCOc1ccc(C(=O)NCCCNc2ccccc2)cc1OCC. The van der Waals surface area contributed by atoms with Crippen LogP contribution in [0, 0.1) is 0 Å². The molecule has 5 nitrogen and oxygen atoms in total. The summed E-state index contributed by atoms with van der Waals surface area (Å²) in [6.45, 7) is 6.53. The normalized spacial score (nSPS) is 10.2. The Balaban J connectivity index is 1.81. The van der Waals surface area contributed by atoms with Crippen molar-refractivity contribution in [2.75, 3.05) is 31.6 Å². The average molecular weight is 356 g/mol. The summed E-state index contributed by atoms with van der Waals surface area (Å²) in [5, 5.41) is 6.27. The summed E-state index contributed by atoms with van der Waals surface area (Å²) in [7, 11) is 0. The first kappa shape index (κ1) is 19.6. The van der Waals surface area contributed by atoms with Gasteiger partial charge in [0.15, 0.2) is 11.5 Å². The number of carbonyl (C=O) groups excluding carboxylic acids is 1. The van der Waals surface area contributed by atoms with Gasteiger partial charge in [0.25, 0.3) is 5.91 Å². The molecule has 0 atom stereocenters. The lowest BCUT2D eigenvalue weighted by molar-refractivity contribution is 0.0953. The van der Waals surface area contributed by atoms with Crippen molar-refractivity contribution < 1.29 is 14.3 Å². The minimum absolute atomic E-state index is 0.104. The summed E-state index contributed by atoms with van der Waals surface area (Å²) in [6, 6.07) is 15.3. The highest BCUT2D eigenvalue weighted by Gasteiger charge is 2.11. The second kappa shape index (κ2) is 11.0. The molecule has 0 saturated heterocycles. The van der Waals surface area contributed by atoms with Gasteiger partial charge < -0.3 is 20.1 Å². The van der Waals surface area contributed by atoms with Crippen LogP contribution in [0.1, 0.15) is 37.0 Å². The zero-order valence-electron chi connectivity index (χ0n) is 15.6. The van der Waals surface area contributed by atoms with Crippen molar-refractivity contribution in [1.82, 2.24) is 5.32 Å². The monoisotopic (exact) mass is 356 g/mol. The Bertz CT molecular complexity index is 674. The van der Waals surface area contributed by atoms with E-state index in [1.165, 1.54) is 0 Å². The van der Waals surface area contributed by atoms with Crippen LogP contribution in [0.25, 0.3) is 0 Å². The second-order valence-electron chi connectivity index (χ2n) is 5.85. The van der Waals surface area contributed by atoms with E-state index in [1.807, 2.05) is 37.3 Å². The number of benzene rings is 2. The van der Waals surface area contributed by atoms with Crippen molar-refractivity contribution in [3.63, 3.8) is 0 Å². The summed E-state index contributed by atoms with van der Waals surface area (Å²) >= 11 is 0. The number of hydrogen-bond donors (Lipinski definition) is 2. The first-order chi connectivity index (χ1) is 12.7. The highest BCUT2D eigenvalue weighted by Crippen LogP contribution is 2.28. The second-order valence-corrected chi connectivity index (χ2v) is 5.85. The molecule has 0 unspecified atom stereocenters. The number of anilines is 1. The molecule has 26 heavy (non-hydrogen) atoms. The Labute approximate surface area is 155 Å². The van der Waals surface area contributed by atoms with E-state index in [0.717, 1.165) is 25.1 Å². The highest BCUT2D eigenvalue weighted by molar-refractivity contribution is 5.94. The van der Waals surface area contributed by atoms with Crippen LogP contribution in [0.3, 0.4) is 0 Å². The van der Waals surface area contributed by atoms with Crippen LogP contribution < -0.4 is 20.1 Å². The Morgan fingerprint density at radius 2 is 1.77 bits per heavy atom. The molecule has 1 amide bonds. The predicted molar refractivity (Wildman–Crippen MR) is 105 cm³/mol. The fourth-order valence-corrected chi connectivity index (χ4v) is 2.43.